The van der Waals surface area contributed by atoms with Crippen LogP contribution in [0, 0.1) is 11.8 Å². The molecule has 4 unspecified atom stereocenters. The van der Waals surface area contributed by atoms with Crippen molar-refractivity contribution in [3.8, 4) is 0 Å². The molecule has 7 heteroatoms. The van der Waals surface area contributed by atoms with Gasteiger partial charge in [-0.25, -0.2) is 0 Å². The molecule has 4 atom stereocenters. The predicted molar refractivity (Wildman–Crippen MR) is 80.8 cm³/mol. The quantitative estimate of drug-likeness (QED) is 0.447. The molecule has 132 valence electrons. The molecular formula is C16H26O7. The highest BCUT2D eigenvalue weighted by molar-refractivity contribution is 5.79. The van der Waals surface area contributed by atoms with E-state index in [9.17, 15) is 24.6 Å². The Balaban J connectivity index is 2.40. The second-order valence-corrected chi connectivity index (χ2v) is 6.31. The van der Waals surface area contributed by atoms with Gasteiger partial charge in [-0.05, 0) is 43.9 Å². The van der Waals surface area contributed by atoms with Crippen LogP contribution in [0.4, 0.5) is 0 Å². The lowest BCUT2D eigenvalue weighted by atomic mass is 9.85. The van der Waals surface area contributed by atoms with Crippen LogP contribution in [0.5, 0.6) is 0 Å². The van der Waals surface area contributed by atoms with Gasteiger partial charge in [-0.3, -0.25) is 14.4 Å². The molecule has 0 bridgehead atoms. The summed E-state index contributed by atoms with van der Waals surface area (Å²) in [5, 5.41) is 37.2. The molecule has 23 heavy (non-hydrogen) atoms. The Kier molecular flexibility index (Phi) is 8.19. The van der Waals surface area contributed by atoms with Gasteiger partial charge in [0.2, 0.25) is 0 Å². The van der Waals surface area contributed by atoms with E-state index in [1.165, 1.54) is 0 Å². The van der Waals surface area contributed by atoms with Crippen LogP contribution in [-0.4, -0.2) is 50.4 Å². The molecule has 0 heterocycles. The number of aliphatic carboxylic acids is 2. The number of rotatable bonds is 11. The topological polar surface area (TPSA) is 132 Å². The first-order valence-electron chi connectivity index (χ1n) is 8.12. The smallest absolute Gasteiger partial charge is 0.303 e. The van der Waals surface area contributed by atoms with Gasteiger partial charge >= 0.3 is 11.9 Å². The molecule has 1 saturated carbocycles. The van der Waals surface area contributed by atoms with Crippen molar-refractivity contribution in [3.05, 3.63) is 0 Å². The highest BCUT2D eigenvalue weighted by Crippen LogP contribution is 2.38. The van der Waals surface area contributed by atoms with Crippen molar-refractivity contribution in [2.75, 3.05) is 0 Å². The molecule has 0 spiro atoms. The van der Waals surface area contributed by atoms with Gasteiger partial charge in [-0.2, -0.15) is 0 Å². The third kappa shape index (κ3) is 7.09. The minimum atomic E-state index is -0.925. The van der Waals surface area contributed by atoms with E-state index in [1.807, 2.05) is 0 Å². The summed E-state index contributed by atoms with van der Waals surface area (Å²) in [7, 11) is 0. The maximum atomic E-state index is 11.8. The molecule has 0 amide bonds. The fraction of sp³-hybridized carbons (Fsp3) is 0.812. The fourth-order valence-electron chi connectivity index (χ4n) is 3.36. The van der Waals surface area contributed by atoms with Gasteiger partial charge < -0.3 is 20.4 Å². The number of carbonyl (C=O) groups is 3. The van der Waals surface area contributed by atoms with Crippen LogP contribution in [0.25, 0.3) is 0 Å². The molecule has 0 aliphatic heterocycles. The highest BCUT2D eigenvalue weighted by atomic mass is 16.4. The minimum absolute atomic E-state index is 0.0279. The SMILES string of the molecule is O=C(O)CCCC(=O)CCC1C(O)CC(O)C1CCCC(=O)O. The molecule has 1 fully saturated rings. The number of hydrogen-bond donors (Lipinski definition) is 4. The standard InChI is InChI=1S/C16H26O7/c17-10(3-1-5-15(20)21)7-8-12-11(4-2-6-16(22)23)13(18)9-14(12)19/h11-14,18-19H,1-9H2,(H,20,21)(H,22,23). The molecule has 0 aromatic heterocycles. The van der Waals surface area contributed by atoms with Gasteiger partial charge in [0, 0.05) is 25.7 Å². The monoisotopic (exact) mass is 330 g/mol. The van der Waals surface area contributed by atoms with E-state index in [2.05, 4.69) is 0 Å². The summed E-state index contributed by atoms with van der Waals surface area (Å²) in [4.78, 5) is 32.7. The van der Waals surface area contributed by atoms with Crippen molar-refractivity contribution in [2.45, 2.75) is 70.0 Å². The fourth-order valence-corrected chi connectivity index (χ4v) is 3.36. The summed E-state index contributed by atoms with van der Waals surface area (Å²) in [5.74, 6) is -2.24. The Labute approximate surface area is 135 Å². The van der Waals surface area contributed by atoms with E-state index in [-0.39, 0.29) is 49.7 Å². The van der Waals surface area contributed by atoms with Crippen LogP contribution >= 0.6 is 0 Å². The number of carbonyl (C=O) groups excluding carboxylic acids is 1. The zero-order valence-electron chi connectivity index (χ0n) is 13.2. The van der Waals surface area contributed by atoms with E-state index in [0.29, 0.717) is 25.7 Å². The number of Topliss-reactive ketones (excluding diaryl/α,β-unsaturated/α-hetero) is 1. The van der Waals surface area contributed by atoms with Crippen molar-refractivity contribution in [1.82, 2.24) is 0 Å². The average Bonchev–Trinajstić information content (AvgIpc) is 2.70. The Hall–Kier alpha value is -1.47. The Morgan fingerprint density at radius 3 is 1.83 bits per heavy atom. The Morgan fingerprint density at radius 2 is 1.26 bits per heavy atom. The largest absolute Gasteiger partial charge is 0.481 e. The van der Waals surface area contributed by atoms with Gasteiger partial charge in [0.1, 0.15) is 5.78 Å². The molecule has 0 radical (unpaired) electrons. The Morgan fingerprint density at radius 1 is 0.739 bits per heavy atom. The minimum Gasteiger partial charge on any atom is -0.481 e. The van der Waals surface area contributed by atoms with Crippen LogP contribution in [-0.2, 0) is 14.4 Å². The molecule has 0 aromatic rings. The third-order valence-corrected chi connectivity index (χ3v) is 4.55. The van der Waals surface area contributed by atoms with Crippen LogP contribution in [0.2, 0.25) is 0 Å². The normalized spacial score (nSPS) is 27.0. The van der Waals surface area contributed by atoms with Crippen LogP contribution in [0.15, 0.2) is 0 Å². The number of carboxylic acid groups (broad SMARTS) is 2. The molecule has 7 nitrogen and oxygen atoms in total. The first-order chi connectivity index (χ1) is 10.8. The summed E-state index contributed by atoms with van der Waals surface area (Å²) in [5.41, 5.74) is 0. The maximum absolute atomic E-state index is 11.8. The lowest BCUT2D eigenvalue weighted by molar-refractivity contribution is -0.138. The zero-order valence-corrected chi connectivity index (χ0v) is 13.2. The summed E-state index contributed by atoms with van der Waals surface area (Å²) < 4.78 is 0. The van der Waals surface area contributed by atoms with Crippen LogP contribution in [0.1, 0.15) is 57.8 Å². The maximum Gasteiger partial charge on any atom is 0.303 e. The number of aliphatic hydroxyl groups is 2. The number of ketones is 1. The van der Waals surface area contributed by atoms with E-state index in [4.69, 9.17) is 10.2 Å². The number of carboxylic acids is 2. The molecule has 4 N–H and O–H groups in total. The lowest BCUT2D eigenvalue weighted by Crippen LogP contribution is -2.23. The van der Waals surface area contributed by atoms with Gasteiger partial charge in [0.05, 0.1) is 12.2 Å². The summed E-state index contributed by atoms with van der Waals surface area (Å²) >= 11 is 0. The van der Waals surface area contributed by atoms with Crippen LogP contribution in [0.3, 0.4) is 0 Å². The van der Waals surface area contributed by atoms with Crippen molar-refractivity contribution in [1.29, 1.82) is 0 Å². The van der Waals surface area contributed by atoms with Gasteiger partial charge in [0.25, 0.3) is 0 Å². The second kappa shape index (κ2) is 9.62. The van der Waals surface area contributed by atoms with Gasteiger partial charge in [0.15, 0.2) is 0 Å². The molecule has 1 aliphatic carbocycles. The molecule has 0 saturated heterocycles. The van der Waals surface area contributed by atoms with Crippen molar-refractivity contribution in [3.63, 3.8) is 0 Å². The van der Waals surface area contributed by atoms with E-state index < -0.39 is 24.1 Å². The summed E-state index contributed by atoms with van der Waals surface area (Å²) in [6, 6.07) is 0. The van der Waals surface area contributed by atoms with Crippen molar-refractivity contribution in [2.24, 2.45) is 11.8 Å². The third-order valence-electron chi connectivity index (χ3n) is 4.55. The van der Waals surface area contributed by atoms with E-state index in [0.717, 1.165) is 0 Å². The predicted octanol–water partition coefficient (Wildman–Crippen LogP) is 1.20. The summed E-state index contributed by atoms with van der Waals surface area (Å²) in [6.45, 7) is 0. The van der Waals surface area contributed by atoms with E-state index in [1.54, 1.807) is 0 Å². The molecule has 0 aromatic carbocycles. The number of aliphatic hydroxyl groups excluding tert-OH is 2. The second-order valence-electron chi connectivity index (χ2n) is 6.31. The first kappa shape index (κ1) is 19.6. The van der Waals surface area contributed by atoms with Crippen LogP contribution < -0.4 is 0 Å². The lowest BCUT2D eigenvalue weighted by Gasteiger charge is -2.23. The highest BCUT2D eigenvalue weighted by Gasteiger charge is 2.40. The van der Waals surface area contributed by atoms with E-state index >= 15 is 0 Å². The average molecular weight is 330 g/mol. The van der Waals surface area contributed by atoms with Crippen molar-refractivity contribution < 1.29 is 34.8 Å². The molecular weight excluding hydrogens is 304 g/mol. The summed E-state index contributed by atoms with van der Waals surface area (Å²) in [6.07, 6.45) is 1.09. The van der Waals surface area contributed by atoms with Gasteiger partial charge in [-0.15, -0.1) is 0 Å². The first-order valence-corrected chi connectivity index (χ1v) is 8.12. The van der Waals surface area contributed by atoms with Crippen molar-refractivity contribution >= 4 is 17.7 Å². The molecule has 1 rings (SSSR count). The molecule has 1 aliphatic rings. The zero-order chi connectivity index (χ0) is 17.4. The Bertz CT molecular complexity index is 421. The number of hydrogen-bond acceptors (Lipinski definition) is 5. The van der Waals surface area contributed by atoms with Gasteiger partial charge in [-0.1, -0.05) is 0 Å².